The number of hydrogen-bond acceptors (Lipinski definition) is 3. The van der Waals surface area contributed by atoms with E-state index >= 15 is 0 Å². The van der Waals surface area contributed by atoms with E-state index in [-0.39, 0.29) is 11.8 Å². The first-order valence-corrected chi connectivity index (χ1v) is 7.93. The van der Waals surface area contributed by atoms with Crippen LogP contribution in [-0.2, 0) is 4.79 Å². The molecule has 0 saturated carbocycles. The molecule has 0 bridgehead atoms. The average Bonchev–Trinajstić information content (AvgIpc) is 3.13. The van der Waals surface area contributed by atoms with Crippen molar-refractivity contribution in [3.63, 3.8) is 0 Å². The summed E-state index contributed by atoms with van der Waals surface area (Å²) in [5.41, 5.74) is 1.23. The van der Waals surface area contributed by atoms with Crippen LogP contribution in [0, 0.1) is 0 Å². The van der Waals surface area contributed by atoms with Crippen LogP contribution in [0.25, 0.3) is 6.08 Å². The number of carbonyl (C=O) groups is 2. The zero-order valence-corrected chi connectivity index (χ0v) is 13.2. The fraction of sp³-hybridized carbons (Fsp3) is 0.278. The Bertz CT molecular complexity index is 745. The van der Waals surface area contributed by atoms with Crippen molar-refractivity contribution in [1.29, 1.82) is 0 Å². The van der Waals surface area contributed by atoms with Crippen LogP contribution < -0.4 is 0 Å². The lowest BCUT2D eigenvalue weighted by atomic mass is 9.86. The Morgan fingerprint density at radius 1 is 1.25 bits per heavy atom. The van der Waals surface area contributed by atoms with Gasteiger partial charge in [-0.3, -0.25) is 4.79 Å². The molecule has 0 atom stereocenters. The van der Waals surface area contributed by atoms with E-state index in [9.17, 15) is 14.7 Å². The van der Waals surface area contributed by atoms with E-state index in [1.54, 1.807) is 35.5 Å². The van der Waals surface area contributed by atoms with E-state index in [0.717, 1.165) is 18.4 Å². The number of nitrogens with zero attached hydrogens (tertiary/aromatic N) is 2. The van der Waals surface area contributed by atoms with Gasteiger partial charge in [-0.15, -0.1) is 0 Å². The Balaban J connectivity index is 1.62. The van der Waals surface area contributed by atoms with Crippen molar-refractivity contribution in [2.75, 3.05) is 13.1 Å². The van der Waals surface area contributed by atoms with Crippen LogP contribution in [0.1, 0.15) is 40.5 Å². The van der Waals surface area contributed by atoms with Gasteiger partial charge in [-0.05, 0) is 36.5 Å². The highest BCUT2D eigenvalue weighted by Gasteiger charge is 2.25. The van der Waals surface area contributed by atoms with E-state index in [1.807, 2.05) is 12.1 Å². The second-order valence-corrected chi connectivity index (χ2v) is 5.80. The molecule has 0 spiro atoms. The fourth-order valence-electron chi connectivity index (χ4n) is 3.08. The smallest absolute Gasteiger partial charge is 0.335 e. The topological polar surface area (TPSA) is 86.3 Å². The van der Waals surface area contributed by atoms with E-state index in [2.05, 4.69) is 9.97 Å². The number of aromatic carboxylic acids is 1. The van der Waals surface area contributed by atoms with Crippen LogP contribution in [-0.4, -0.2) is 44.9 Å². The summed E-state index contributed by atoms with van der Waals surface area (Å²) >= 11 is 0. The van der Waals surface area contributed by atoms with Gasteiger partial charge in [-0.1, -0.05) is 18.2 Å². The molecule has 1 aromatic heterocycles. The third kappa shape index (κ3) is 3.53. The Kier molecular flexibility index (Phi) is 4.74. The number of benzene rings is 1. The molecule has 3 rings (SSSR count). The number of aromatic nitrogens is 2. The van der Waals surface area contributed by atoms with Crippen LogP contribution in [0.5, 0.6) is 0 Å². The minimum absolute atomic E-state index is 0.0450. The van der Waals surface area contributed by atoms with Gasteiger partial charge < -0.3 is 15.0 Å². The SMILES string of the molecule is O=C(O)c1ccccc1C1CCN(C(=O)/C=C/c2ncc[nH]2)CC1. The maximum Gasteiger partial charge on any atom is 0.335 e. The average molecular weight is 325 g/mol. The van der Waals surface area contributed by atoms with Crippen molar-refractivity contribution in [3.05, 3.63) is 59.7 Å². The van der Waals surface area contributed by atoms with Crippen molar-refractivity contribution < 1.29 is 14.7 Å². The predicted octanol–water partition coefficient (Wildman–Crippen LogP) is 2.53. The predicted molar refractivity (Wildman–Crippen MR) is 89.6 cm³/mol. The van der Waals surface area contributed by atoms with Crippen molar-refractivity contribution in [2.24, 2.45) is 0 Å². The molecule has 2 aromatic rings. The van der Waals surface area contributed by atoms with Crippen LogP contribution in [0.3, 0.4) is 0 Å². The molecule has 2 heterocycles. The Morgan fingerprint density at radius 2 is 2.00 bits per heavy atom. The highest BCUT2D eigenvalue weighted by Crippen LogP contribution is 2.30. The number of imidazole rings is 1. The molecule has 1 amide bonds. The number of nitrogens with one attached hydrogen (secondary N) is 1. The van der Waals surface area contributed by atoms with Crippen molar-refractivity contribution in [3.8, 4) is 0 Å². The molecule has 6 nitrogen and oxygen atoms in total. The standard InChI is InChI=1S/C18H19N3O3/c22-17(6-5-16-19-9-10-20-16)21-11-7-13(8-12-21)14-3-1-2-4-15(14)18(23)24/h1-6,9-10,13H,7-8,11-12H2,(H,19,20)(H,23,24)/b6-5+. The number of carbonyl (C=O) groups excluding carboxylic acids is 1. The minimum atomic E-state index is -0.898. The van der Waals surface area contributed by atoms with Gasteiger partial charge in [0.15, 0.2) is 0 Å². The first-order chi connectivity index (χ1) is 11.6. The molecule has 1 aromatic carbocycles. The van der Waals surface area contributed by atoms with Crippen molar-refractivity contribution >= 4 is 18.0 Å². The van der Waals surface area contributed by atoms with Gasteiger partial charge in [-0.25, -0.2) is 9.78 Å². The monoisotopic (exact) mass is 325 g/mol. The maximum atomic E-state index is 12.2. The molecular formula is C18H19N3O3. The Hall–Kier alpha value is -2.89. The van der Waals surface area contributed by atoms with Crippen LogP contribution in [0.4, 0.5) is 0 Å². The molecule has 0 unspecified atom stereocenters. The van der Waals surface area contributed by atoms with E-state index < -0.39 is 5.97 Å². The van der Waals surface area contributed by atoms with Gasteiger partial charge in [-0.2, -0.15) is 0 Å². The summed E-state index contributed by atoms with van der Waals surface area (Å²) < 4.78 is 0. The quantitative estimate of drug-likeness (QED) is 0.846. The largest absolute Gasteiger partial charge is 0.478 e. The molecule has 24 heavy (non-hydrogen) atoms. The zero-order chi connectivity index (χ0) is 16.9. The summed E-state index contributed by atoms with van der Waals surface area (Å²) in [5, 5.41) is 9.31. The van der Waals surface area contributed by atoms with Crippen LogP contribution in [0.2, 0.25) is 0 Å². The molecule has 1 saturated heterocycles. The molecule has 6 heteroatoms. The normalized spacial score (nSPS) is 15.8. The number of piperidine rings is 1. The third-order valence-electron chi connectivity index (χ3n) is 4.34. The lowest BCUT2D eigenvalue weighted by Gasteiger charge is -2.32. The number of amides is 1. The van der Waals surface area contributed by atoms with Gasteiger partial charge in [0.25, 0.3) is 0 Å². The molecule has 1 fully saturated rings. The molecular weight excluding hydrogens is 306 g/mol. The summed E-state index contributed by atoms with van der Waals surface area (Å²) in [6, 6.07) is 7.13. The number of aromatic amines is 1. The van der Waals surface area contributed by atoms with Crippen LogP contribution >= 0.6 is 0 Å². The van der Waals surface area contributed by atoms with Gasteiger partial charge >= 0.3 is 5.97 Å². The summed E-state index contributed by atoms with van der Waals surface area (Å²) in [6.45, 7) is 1.25. The first-order valence-electron chi connectivity index (χ1n) is 7.93. The van der Waals surface area contributed by atoms with E-state index in [1.165, 1.54) is 6.08 Å². The highest BCUT2D eigenvalue weighted by molar-refractivity contribution is 5.91. The minimum Gasteiger partial charge on any atom is -0.478 e. The molecule has 0 radical (unpaired) electrons. The number of likely N-dealkylation sites (tertiary alicyclic amines) is 1. The third-order valence-corrected chi connectivity index (χ3v) is 4.34. The molecule has 2 N–H and O–H groups in total. The Morgan fingerprint density at radius 3 is 2.67 bits per heavy atom. The first kappa shape index (κ1) is 16.0. The number of carboxylic acids is 1. The molecule has 1 aliphatic heterocycles. The van der Waals surface area contributed by atoms with E-state index in [0.29, 0.717) is 24.5 Å². The molecule has 124 valence electrons. The summed E-state index contributed by atoms with van der Waals surface area (Å²) in [5.74, 6) is -0.120. The molecule has 0 aliphatic carbocycles. The number of carboxylic acid groups (broad SMARTS) is 1. The van der Waals surface area contributed by atoms with Gasteiger partial charge in [0, 0.05) is 31.6 Å². The maximum absolute atomic E-state index is 12.2. The second-order valence-electron chi connectivity index (χ2n) is 5.80. The van der Waals surface area contributed by atoms with Crippen LogP contribution in [0.15, 0.2) is 42.7 Å². The van der Waals surface area contributed by atoms with Gasteiger partial charge in [0.2, 0.25) is 5.91 Å². The number of rotatable bonds is 4. The van der Waals surface area contributed by atoms with Gasteiger partial charge in [0.05, 0.1) is 5.56 Å². The van der Waals surface area contributed by atoms with Crippen molar-refractivity contribution in [2.45, 2.75) is 18.8 Å². The highest BCUT2D eigenvalue weighted by atomic mass is 16.4. The lowest BCUT2D eigenvalue weighted by molar-refractivity contribution is -0.126. The summed E-state index contributed by atoms with van der Waals surface area (Å²) in [6.07, 6.45) is 8.05. The Labute approximate surface area is 139 Å². The second kappa shape index (κ2) is 7.12. The number of H-pyrrole nitrogens is 1. The molecule has 1 aliphatic rings. The van der Waals surface area contributed by atoms with Gasteiger partial charge in [0.1, 0.15) is 5.82 Å². The fourth-order valence-corrected chi connectivity index (χ4v) is 3.08. The summed E-state index contributed by atoms with van der Waals surface area (Å²) in [7, 11) is 0. The lowest BCUT2D eigenvalue weighted by Crippen LogP contribution is -2.37. The van der Waals surface area contributed by atoms with Crippen molar-refractivity contribution in [1.82, 2.24) is 14.9 Å². The van der Waals surface area contributed by atoms with E-state index in [4.69, 9.17) is 0 Å². The summed E-state index contributed by atoms with van der Waals surface area (Å²) in [4.78, 5) is 32.3. The zero-order valence-electron chi connectivity index (χ0n) is 13.2. The number of hydrogen-bond donors (Lipinski definition) is 2.